The third-order valence-electron chi connectivity index (χ3n) is 2.63. The number of carbonyl (C=O) groups excluding carboxylic acids is 2. The highest BCUT2D eigenvalue weighted by atomic mass is 16.2. The number of nitrogens with one attached hydrogen (secondary N) is 2. The molecule has 0 bridgehead atoms. The largest absolute Gasteiger partial charge is 0.344 e. The Morgan fingerprint density at radius 1 is 1.38 bits per heavy atom. The van der Waals surface area contributed by atoms with Crippen molar-refractivity contribution in [2.24, 2.45) is 0 Å². The Hall–Kier alpha value is -1.84. The molecule has 1 aromatic rings. The lowest BCUT2D eigenvalue weighted by atomic mass is 10.2. The molecule has 16 heavy (non-hydrogen) atoms. The number of carbonyl (C=O) groups is 2. The van der Waals surface area contributed by atoms with Crippen molar-refractivity contribution in [1.82, 2.24) is 5.32 Å². The van der Waals surface area contributed by atoms with Crippen molar-refractivity contribution in [2.45, 2.75) is 25.8 Å². The van der Waals surface area contributed by atoms with Crippen LogP contribution in [0.4, 0.5) is 5.69 Å². The third kappa shape index (κ3) is 2.39. The third-order valence-corrected chi connectivity index (χ3v) is 2.63. The molecule has 4 nitrogen and oxygen atoms in total. The Labute approximate surface area is 94.0 Å². The molecule has 0 aliphatic carbocycles. The molecule has 1 aromatic carbocycles. The molecule has 0 saturated carbocycles. The van der Waals surface area contributed by atoms with E-state index < -0.39 is 0 Å². The molecule has 0 aromatic heterocycles. The van der Waals surface area contributed by atoms with Crippen LogP contribution >= 0.6 is 0 Å². The van der Waals surface area contributed by atoms with Crippen LogP contribution in [-0.2, 0) is 9.59 Å². The van der Waals surface area contributed by atoms with E-state index in [0.29, 0.717) is 12.8 Å². The first kappa shape index (κ1) is 10.7. The van der Waals surface area contributed by atoms with Gasteiger partial charge in [-0.1, -0.05) is 17.7 Å². The molecule has 1 saturated heterocycles. The summed E-state index contributed by atoms with van der Waals surface area (Å²) >= 11 is 0. The van der Waals surface area contributed by atoms with Crippen LogP contribution in [-0.4, -0.2) is 17.9 Å². The van der Waals surface area contributed by atoms with Gasteiger partial charge in [0.25, 0.3) is 0 Å². The summed E-state index contributed by atoms with van der Waals surface area (Å²) in [6.07, 6.45) is 1.02. The average Bonchev–Trinajstić information content (AvgIpc) is 2.68. The molecule has 0 unspecified atom stereocenters. The van der Waals surface area contributed by atoms with Gasteiger partial charge in [-0.05, 0) is 25.5 Å². The molecule has 1 heterocycles. The predicted molar refractivity (Wildman–Crippen MR) is 61.0 cm³/mol. The Morgan fingerprint density at radius 2 is 2.06 bits per heavy atom. The molecule has 0 spiro atoms. The fraction of sp³-hybridized carbons (Fsp3) is 0.333. The van der Waals surface area contributed by atoms with Crippen molar-refractivity contribution in [3.05, 3.63) is 29.8 Å². The highest BCUT2D eigenvalue weighted by Crippen LogP contribution is 2.12. The summed E-state index contributed by atoms with van der Waals surface area (Å²) in [6.45, 7) is 1.99. The summed E-state index contributed by atoms with van der Waals surface area (Å²) in [4.78, 5) is 22.7. The van der Waals surface area contributed by atoms with E-state index in [2.05, 4.69) is 10.6 Å². The van der Waals surface area contributed by atoms with Crippen LogP contribution in [0.25, 0.3) is 0 Å². The summed E-state index contributed by atoms with van der Waals surface area (Å²) in [5.74, 6) is -0.196. The van der Waals surface area contributed by atoms with Crippen molar-refractivity contribution in [2.75, 3.05) is 5.32 Å². The molecule has 84 valence electrons. The monoisotopic (exact) mass is 218 g/mol. The van der Waals surface area contributed by atoms with Gasteiger partial charge in [0.15, 0.2) is 0 Å². The van der Waals surface area contributed by atoms with Crippen LogP contribution in [0.3, 0.4) is 0 Å². The first-order valence-corrected chi connectivity index (χ1v) is 5.32. The van der Waals surface area contributed by atoms with Gasteiger partial charge in [-0.3, -0.25) is 9.59 Å². The highest BCUT2D eigenvalue weighted by Gasteiger charge is 2.26. The van der Waals surface area contributed by atoms with E-state index in [-0.39, 0.29) is 17.9 Å². The van der Waals surface area contributed by atoms with Gasteiger partial charge in [-0.25, -0.2) is 0 Å². The van der Waals surface area contributed by atoms with Crippen molar-refractivity contribution >= 4 is 17.5 Å². The minimum Gasteiger partial charge on any atom is -0.344 e. The number of hydrogen-bond donors (Lipinski definition) is 2. The zero-order valence-electron chi connectivity index (χ0n) is 9.12. The van der Waals surface area contributed by atoms with E-state index in [1.807, 2.05) is 31.2 Å². The van der Waals surface area contributed by atoms with Crippen LogP contribution < -0.4 is 10.6 Å². The topological polar surface area (TPSA) is 58.2 Å². The minimum atomic E-state index is -0.381. The fourth-order valence-electron chi connectivity index (χ4n) is 1.68. The summed E-state index contributed by atoms with van der Waals surface area (Å²) < 4.78 is 0. The Kier molecular flexibility index (Phi) is 2.90. The molecular formula is C12H14N2O2. The van der Waals surface area contributed by atoms with Crippen molar-refractivity contribution in [3.8, 4) is 0 Å². The molecule has 4 heteroatoms. The summed E-state index contributed by atoms with van der Waals surface area (Å²) in [7, 11) is 0. The van der Waals surface area contributed by atoms with Gasteiger partial charge in [0.2, 0.25) is 11.8 Å². The number of anilines is 1. The van der Waals surface area contributed by atoms with Crippen LogP contribution in [0.5, 0.6) is 0 Å². The molecule has 2 N–H and O–H groups in total. The first-order chi connectivity index (χ1) is 7.65. The molecule has 1 fully saturated rings. The zero-order chi connectivity index (χ0) is 11.5. The number of rotatable bonds is 2. The quantitative estimate of drug-likeness (QED) is 0.784. The molecular weight excluding hydrogens is 204 g/mol. The zero-order valence-corrected chi connectivity index (χ0v) is 9.12. The number of aryl methyl sites for hydroxylation is 1. The van der Waals surface area contributed by atoms with E-state index in [4.69, 9.17) is 0 Å². The summed E-state index contributed by atoms with van der Waals surface area (Å²) in [6, 6.07) is 7.19. The van der Waals surface area contributed by atoms with Crippen LogP contribution in [0.2, 0.25) is 0 Å². The van der Waals surface area contributed by atoms with Gasteiger partial charge < -0.3 is 10.6 Å². The minimum absolute atomic E-state index is 0.0518. The van der Waals surface area contributed by atoms with Gasteiger partial charge in [-0.2, -0.15) is 0 Å². The normalized spacial score (nSPS) is 19.3. The second-order valence-corrected chi connectivity index (χ2v) is 4.01. The number of benzene rings is 1. The van der Waals surface area contributed by atoms with Crippen LogP contribution in [0.15, 0.2) is 24.3 Å². The van der Waals surface area contributed by atoms with Gasteiger partial charge >= 0.3 is 0 Å². The molecule has 1 atom stereocenters. The van der Waals surface area contributed by atoms with Gasteiger partial charge in [0.05, 0.1) is 0 Å². The second kappa shape index (κ2) is 4.35. The van der Waals surface area contributed by atoms with E-state index in [9.17, 15) is 9.59 Å². The van der Waals surface area contributed by atoms with Gasteiger partial charge in [0.1, 0.15) is 6.04 Å². The Morgan fingerprint density at radius 3 is 2.62 bits per heavy atom. The lowest BCUT2D eigenvalue weighted by Crippen LogP contribution is -2.37. The lowest BCUT2D eigenvalue weighted by Gasteiger charge is -2.10. The number of hydrogen-bond acceptors (Lipinski definition) is 2. The van der Waals surface area contributed by atoms with E-state index >= 15 is 0 Å². The lowest BCUT2D eigenvalue weighted by molar-refractivity contribution is -0.122. The Bertz CT molecular complexity index is 412. The average molecular weight is 218 g/mol. The van der Waals surface area contributed by atoms with E-state index in [1.165, 1.54) is 0 Å². The maximum absolute atomic E-state index is 11.7. The SMILES string of the molecule is Cc1ccc(NC(=O)[C@H]2CCC(=O)N2)cc1. The van der Waals surface area contributed by atoms with Crippen LogP contribution in [0, 0.1) is 6.92 Å². The fourth-order valence-corrected chi connectivity index (χ4v) is 1.68. The maximum Gasteiger partial charge on any atom is 0.246 e. The van der Waals surface area contributed by atoms with Crippen molar-refractivity contribution in [1.29, 1.82) is 0 Å². The molecule has 2 amide bonds. The first-order valence-electron chi connectivity index (χ1n) is 5.32. The van der Waals surface area contributed by atoms with Gasteiger partial charge in [0, 0.05) is 12.1 Å². The van der Waals surface area contributed by atoms with Crippen LogP contribution in [0.1, 0.15) is 18.4 Å². The summed E-state index contributed by atoms with van der Waals surface area (Å²) in [5, 5.41) is 5.41. The van der Waals surface area contributed by atoms with Crippen molar-refractivity contribution in [3.63, 3.8) is 0 Å². The molecule has 0 radical (unpaired) electrons. The smallest absolute Gasteiger partial charge is 0.246 e. The molecule has 2 rings (SSSR count). The second-order valence-electron chi connectivity index (χ2n) is 4.01. The van der Waals surface area contributed by atoms with E-state index in [0.717, 1.165) is 11.3 Å². The highest BCUT2D eigenvalue weighted by molar-refractivity contribution is 5.98. The van der Waals surface area contributed by atoms with E-state index in [1.54, 1.807) is 0 Å². The molecule has 1 aliphatic rings. The van der Waals surface area contributed by atoms with Gasteiger partial charge in [-0.15, -0.1) is 0 Å². The molecule has 1 aliphatic heterocycles. The Balaban J connectivity index is 1.97. The van der Waals surface area contributed by atoms with Crippen molar-refractivity contribution < 1.29 is 9.59 Å². The number of amides is 2. The maximum atomic E-state index is 11.7. The predicted octanol–water partition coefficient (Wildman–Crippen LogP) is 1.21. The summed E-state index contributed by atoms with van der Waals surface area (Å²) in [5.41, 5.74) is 1.91. The standard InChI is InChI=1S/C12H14N2O2/c1-8-2-4-9(5-3-8)13-12(16)10-6-7-11(15)14-10/h2-5,10H,6-7H2,1H3,(H,13,16)(H,14,15)/t10-/m1/s1.